The van der Waals surface area contributed by atoms with Crippen LogP contribution in [-0.4, -0.2) is 42.9 Å². The van der Waals surface area contributed by atoms with Gasteiger partial charge in [0.05, 0.1) is 0 Å². The van der Waals surface area contributed by atoms with Crippen LogP contribution in [0.4, 0.5) is 15.8 Å². The van der Waals surface area contributed by atoms with E-state index >= 15 is 0 Å². The lowest BCUT2D eigenvalue weighted by molar-refractivity contribution is -0.133. The van der Waals surface area contributed by atoms with E-state index in [1.807, 2.05) is 0 Å². The first-order chi connectivity index (χ1) is 13.0. The zero-order chi connectivity index (χ0) is 19.2. The molecule has 0 spiro atoms. The highest BCUT2D eigenvalue weighted by atomic mass is 35.5. The minimum atomic E-state index is -0.260. The minimum absolute atomic E-state index is 0.0278. The van der Waals surface area contributed by atoms with Crippen LogP contribution in [0, 0.1) is 5.82 Å². The number of hydrogen-bond donors (Lipinski definition) is 1. The van der Waals surface area contributed by atoms with Gasteiger partial charge in [0.2, 0.25) is 11.8 Å². The molecule has 0 aliphatic carbocycles. The molecule has 0 saturated carbocycles. The van der Waals surface area contributed by atoms with Crippen molar-refractivity contribution >= 4 is 34.8 Å². The van der Waals surface area contributed by atoms with Gasteiger partial charge in [0.15, 0.2) is 0 Å². The number of hydrogen-bond acceptors (Lipinski definition) is 3. The highest BCUT2D eigenvalue weighted by molar-refractivity contribution is 6.30. The summed E-state index contributed by atoms with van der Waals surface area (Å²) in [5.74, 6) is -0.486. The lowest BCUT2D eigenvalue weighted by Gasteiger charge is -2.36. The number of halogens is 2. The number of nitrogens with zero attached hydrogens (tertiary/aromatic N) is 2. The van der Waals surface area contributed by atoms with E-state index in [2.05, 4.69) is 10.2 Å². The third-order valence-corrected chi connectivity index (χ3v) is 4.77. The van der Waals surface area contributed by atoms with Crippen molar-refractivity contribution in [1.29, 1.82) is 0 Å². The summed E-state index contributed by atoms with van der Waals surface area (Å²) in [6, 6.07) is 13.2. The number of rotatable bonds is 5. The summed E-state index contributed by atoms with van der Waals surface area (Å²) in [5.41, 5.74) is 1.61. The van der Waals surface area contributed by atoms with Crippen LogP contribution in [0.15, 0.2) is 48.5 Å². The molecule has 2 aromatic carbocycles. The van der Waals surface area contributed by atoms with Gasteiger partial charge in [0.25, 0.3) is 0 Å². The lowest BCUT2D eigenvalue weighted by atomic mass is 10.2. The van der Waals surface area contributed by atoms with Crippen LogP contribution in [0.5, 0.6) is 0 Å². The van der Waals surface area contributed by atoms with Gasteiger partial charge in [-0.05, 0) is 48.5 Å². The molecule has 0 aromatic heterocycles. The van der Waals surface area contributed by atoms with Crippen molar-refractivity contribution < 1.29 is 14.0 Å². The van der Waals surface area contributed by atoms with Gasteiger partial charge in [0.1, 0.15) is 5.82 Å². The average molecular weight is 390 g/mol. The number of amides is 2. The maximum Gasteiger partial charge on any atom is 0.224 e. The Morgan fingerprint density at radius 3 is 2.19 bits per heavy atom. The average Bonchev–Trinajstić information content (AvgIpc) is 2.69. The molecule has 142 valence electrons. The Morgan fingerprint density at radius 1 is 0.926 bits per heavy atom. The van der Waals surface area contributed by atoms with E-state index in [1.165, 1.54) is 12.1 Å². The minimum Gasteiger partial charge on any atom is -0.368 e. The first-order valence-electron chi connectivity index (χ1n) is 8.85. The van der Waals surface area contributed by atoms with E-state index < -0.39 is 0 Å². The second kappa shape index (κ2) is 8.86. The van der Waals surface area contributed by atoms with Crippen LogP contribution >= 0.6 is 11.6 Å². The van der Waals surface area contributed by atoms with E-state index in [0.717, 1.165) is 5.69 Å². The Kier molecular flexibility index (Phi) is 6.29. The fraction of sp³-hybridized carbons (Fsp3) is 0.300. The van der Waals surface area contributed by atoms with Crippen LogP contribution in [0.3, 0.4) is 0 Å². The quantitative estimate of drug-likeness (QED) is 0.850. The summed E-state index contributed by atoms with van der Waals surface area (Å²) in [6.07, 6.45) is 0.315. The second-order valence-corrected chi connectivity index (χ2v) is 6.84. The van der Waals surface area contributed by atoms with Gasteiger partial charge >= 0.3 is 0 Å². The van der Waals surface area contributed by atoms with E-state index in [0.29, 0.717) is 36.9 Å². The number of nitrogens with one attached hydrogen (secondary N) is 1. The molecule has 1 saturated heterocycles. The first kappa shape index (κ1) is 19.2. The Morgan fingerprint density at radius 2 is 1.56 bits per heavy atom. The molecule has 1 N–H and O–H groups in total. The number of piperazine rings is 1. The largest absolute Gasteiger partial charge is 0.368 e. The van der Waals surface area contributed by atoms with Crippen molar-refractivity contribution in [3.05, 3.63) is 59.4 Å². The van der Waals surface area contributed by atoms with Gasteiger partial charge in [-0.1, -0.05) is 11.6 Å². The topological polar surface area (TPSA) is 52.7 Å². The Bertz CT molecular complexity index is 788. The third-order valence-electron chi connectivity index (χ3n) is 4.52. The molecule has 1 fully saturated rings. The van der Waals surface area contributed by atoms with Crippen LogP contribution in [0.2, 0.25) is 5.02 Å². The number of benzene rings is 2. The Hall–Kier alpha value is -2.60. The molecule has 1 aliphatic rings. The fourth-order valence-electron chi connectivity index (χ4n) is 3.00. The standard InChI is InChI=1S/C20H21ClFN3O2/c21-15-1-5-17(6-2-15)23-19(26)9-10-20(27)25-13-11-24(12-14-25)18-7-3-16(22)4-8-18/h1-8H,9-14H2,(H,23,26). The summed E-state index contributed by atoms with van der Waals surface area (Å²) in [4.78, 5) is 28.2. The molecule has 1 heterocycles. The van der Waals surface area contributed by atoms with Crippen molar-refractivity contribution in [3.8, 4) is 0 Å². The van der Waals surface area contributed by atoms with Gasteiger partial charge < -0.3 is 15.1 Å². The molecule has 2 aromatic rings. The van der Waals surface area contributed by atoms with Crippen LogP contribution in [-0.2, 0) is 9.59 Å². The van der Waals surface area contributed by atoms with E-state index in [-0.39, 0.29) is 30.5 Å². The normalized spacial score (nSPS) is 14.1. The molecule has 27 heavy (non-hydrogen) atoms. The summed E-state index contributed by atoms with van der Waals surface area (Å²) in [7, 11) is 0. The second-order valence-electron chi connectivity index (χ2n) is 6.40. The monoisotopic (exact) mass is 389 g/mol. The van der Waals surface area contributed by atoms with E-state index in [1.54, 1.807) is 41.3 Å². The van der Waals surface area contributed by atoms with E-state index in [4.69, 9.17) is 11.6 Å². The molecule has 7 heteroatoms. The lowest BCUT2D eigenvalue weighted by Crippen LogP contribution is -2.48. The Labute approximate surface area is 162 Å². The molecular formula is C20H21ClFN3O2. The van der Waals surface area contributed by atoms with Crippen molar-refractivity contribution in [3.63, 3.8) is 0 Å². The van der Waals surface area contributed by atoms with Gasteiger partial charge in [-0.2, -0.15) is 0 Å². The van der Waals surface area contributed by atoms with Gasteiger partial charge in [-0.15, -0.1) is 0 Å². The predicted octanol–water partition coefficient (Wildman–Crippen LogP) is 3.55. The zero-order valence-corrected chi connectivity index (χ0v) is 15.6. The smallest absolute Gasteiger partial charge is 0.224 e. The molecule has 1 aliphatic heterocycles. The van der Waals surface area contributed by atoms with Crippen LogP contribution < -0.4 is 10.2 Å². The maximum atomic E-state index is 13.0. The molecule has 0 unspecified atom stereocenters. The molecular weight excluding hydrogens is 369 g/mol. The highest BCUT2D eigenvalue weighted by Gasteiger charge is 2.21. The van der Waals surface area contributed by atoms with Crippen molar-refractivity contribution in [2.75, 3.05) is 36.4 Å². The summed E-state index contributed by atoms with van der Waals surface area (Å²) in [5, 5.41) is 3.35. The van der Waals surface area contributed by atoms with E-state index in [9.17, 15) is 14.0 Å². The van der Waals surface area contributed by atoms with Crippen LogP contribution in [0.25, 0.3) is 0 Å². The molecule has 0 radical (unpaired) electrons. The molecule has 2 amide bonds. The highest BCUT2D eigenvalue weighted by Crippen LogP contribution is 2.18. The maximum absolute atomic E-state index is 13.0. The van der Waals surface area contributed by atoms with Gasteiger partial charge in [-0.25, -0.2) is 4.39 Å². The first-order valence-corrected chi connectivity index (χ1v) is 9.23. The predicted molar refractivity (Wildman–Crippen MR) is 105 cm³/mol. The van der Waals surface area contributed by atoms with Gasteiger partial charge in [-0.3, -0.25) is 9.59 Å². The summed E-state index contributed by atoms with van der Waals surface area (Å²) < 4.78 is 13.0. The number of carbonyl (C=O) groups excluding carboxylic acids is 2. The molecule has 3 rings (SSSR count). The fourth-order valence-corrected chi connectivity index (χ4v) is 3.13. The summed E-state index contributed by atoms with van der Waals surface area (Å²) in [6.45, 7) is 2.56. The molecule has 0 bridgehead atoms. The van der Waals surface area contributed by atoms with Crippen molar-refractivity contribution in [2.24, 2.45) is 0 Å². The summed E-state index contributed by atoms with van der Waals surface area (Å²) >= 11 is 5.81. The molecule has 0 atom stereocenters. The number of carbonyl (C=O) groups is 2. The SMILES string of the molecule is O=C(CCC(=O)N1CCN(c2ccc(F)cc2)CC1)Nc1ccc(Cl)cc1. The zero-order valence-electron chi connectivity index (χ0n) is 14.8. The molecule has 5 nitrogen and oxygen atoms in total. The van der Waals surface area contributed by atoms with Crippen molar-refractivity contribution in [1.82, 2.24) is 4.90 Å². The Balaban J connectivity index is 1.42. The van der Waals surface area contributed by atoms with Gasteiger partial charge in [0, 0.05) is 55.4 Å². The number of anilines is 2. The van der Waals surface area contributed by atoms with Crippen molar-refractivity contribution in [2.45, 2.75) is 12.8 Å². The van der Waals surface area contributed by atoms with Crippen LogP contribution in [0.1, 0.15) is 12.8 Å². The third kappa shape index (κ3) is 5.44.